The van der Waals surface area contributed by atoms with E-state index >= 15 is 0 Å². The monoisotopic (exact) mass is 244 g/mol. The number of Topliss-reactive ketones (excluding diaryl/α,β-unsaturated/α-hetero) is 1. The Morgan fingerprint density at radius 1 is 1.22 bits per heavy atom. The van der Waals surface area contributed by atoms with Crippen LogP contribution in [0, 0.1) is 0 Å². The van der Waals surface area contributed by atoms with Crippen LogP contribution in [0.3, 0.4) is 0 Å². The zero-order valence-electron chi connectivity index (χ0n) is 10.2. The number of hydrogen-bond donors (Lipinski definition) is 1. The number of amides is 1. The fourth-order valence-corrected chi connectivity index (χ4v) is 2.79. The standard InChI is InChI=1S/C14H16N2O2/c17-13-9-12(10-3-1-2-4-11(10)13)14(18)16-7-5-15-6-8-16/h1-4,12,15H,5-9H2. The highest BCUT2D eigenvalue weighted by atomic mass is 16.2. The van der Waals surface area contributed by atoms with Gasteiger partial charge in [0, 0.05) is 38.2 Å². The van der Waals surface area contributed by atoms with Gasteiger partial charge in [0.1, 0.15) is 0 Å². The lowest BCUT2D eigenvalue weighted by Gasteiger charge is -2.29. The minimum atomic E-state index is -0.258. The highest BCUT2D eigenvalue weighted by Gasteiger charge is 2.36. The fraction of sp³-hybridized carbons (Fsp3) is 0.429. The Kier molecular flexibility index (Phi) is 2.88. The second-order valence-corrected chi connectivity index (χ2v) is 4.84. The van der Waals surface area contributed by atoms with Gasteiger partial charge in [-0.05, 0) is 5.56 Å². The van der Waals surface area contributed by atoms with Crippen molar-refractivity contribution in [2.24, 2.45) is 0 Å². The second kappa shape index (κ2) is 4.53. The summed E-state index contributed by atoms with van der Waals surface area (Å²) in [5.74, 6) is -0.0549. The molecule has 1 aliphatic carbocycles. The van der Waals surface area contributed by atoms with Crippen molar-refractivity contribution in [2.45, 2.75) is 12.3 Å². The molecule has 3 rings (SSSR count). The molecule has 1 fully saturated rings. The number of carbonyl (C=O) groups is 2. The van der Waals surface area contributed by atoms with E-state index in [1.165, 1.54) is 0 Å². The van der Waals surface area contributed by atoms with Crippen molar-refractivity contribution in [3.8, 4) is 0 Å². The van der Waals surface area contributed by atoms with E-state index in [2.05, 4.69) is 5.32 Å². The number of rotatable bonds is 1. The summed E-state index contributed by atoms with van der Waals surface area (Å²) in [6, 6.07) is 7.48. The second-order valence-electron chi connectivity index (χ2n) is 4.84. The van der Waals surface area contributed by atoms with E-state index < -0.39 is 0 Å². The first-order chi connectivity index (χ1) is 8.77. The van der Waals surface area contributed by atoms with Crippen LogP contribution in [0.2, 0.25) is 0 Å². The van der Waals surface area contributed by atoms with Crippen LogP contribution in [0.4, 0.5) is 0 Å². The van der Waals surface area contributed by atoms with Gasteiger partial charge in [-0.2, -0.15) is 0 Å². The Labute approximate surface area is 106 Å². The van der Waals surface area contributed by atoms with Gasteiger partial charge in [-0.25, -0.2) is 0 Å². The van der Waals surface area contributed by atoms with Crippen LogP contribution in [0.15, 0.2) is 24.3 Å². The third-order valence-corrected chi connectivity index (χ3v) is 3.75. The Bertz CT molecular complexity index is 492. The molecule has 1 aliphatic heterocycles. The molecule has 18 heavy (non-hydrogen) atoms. The van der Waals surface area contributed by atoms with E-state index in [4.69, 9.17) is 0 Å². The summed E-state index contributed by atoms with van der Waals surface area (Å²) >= 11 is 0. The number of nitrogens with zero attached hydrogens (tertiary/aromatic N) is 1. The van der Waals surface area contributed by atoms with Crippen molar-refractivity contribution in [1.82, 2.24) is 10.2 Å². The highest BCUT2D eigenvalue weighted by molar-refractivity contribution is 6.06. The minimum Gasteiger partial charge on any atom is -0.340 e. The van der Waals surface area contributed by atoms with E-state index in [1.807, 2.05) is 29.2 Å². The van der Waals surface area contributed by atoms with Gasteiger partial charge >= 0.3 is 0 Å². The summed E-state index contributed by atoms with van der Waals surface area (Å²) in [7, 11) is 0. The molecule has 0 aromatic heterocycles. The maximum Gasteiger partial charge on any atom is 0.230 e. The fourth-order valence-electron chi connectivity index (χ4n) is 2.79. The smallest absolute Gasteiger partial charge is 0.230 e. The summed E-state index contributed by atoms with van der Waals surface area (Å²) in [5, 5.41) is 3.23. The molecule has 4 nitrogen and oxygen atoms in total. The number of piperazine rings is 1. The number of benzene rings is 1. The van der Waals surface area contributed by atoms with Crippen LogP contribution in [-0.2, 0) is 4.79 Å². The molecule has 2 aliphatic rings. The summed E-state index contributed by atoms with van der Waals surface area (Å²) in [5.41, 5.74) is 1.64. The molecule has 1 aromatic rings. The Balaban J connectivity index is 1.85. The molecule has 0 saturated carbocycles. The van der Waals surface area contributed by atoms with Gasteiger partial charge in [-0.1, -0.05) is 24.3 Å². The maximum absolute atomic E-state index is 12.5. The Hall–Kier alpha value is -1.68. The molecule has 1 heterocycles. The molecule has 1 amide bonds. The maximum atomic E-state index is 12.5. The highest BCUT2D eigenvalue weighted by Crippen LogP contribution is 2.34. The molecule has 0 radical (unpaired) electrons. The molecular weight excluding hydrogens is 228 g/mol. The van der Waals surface area contributed by atoms with E-state index in [0.717, 1.165) is 37.3 Å². The molecule has 1 atom stereocenters. The quantitative estimate of drug-likeness (QED) is 0.794. The number of fused-ring (bicyclic) bond motifs is 1. The summed E-state index contributed by atoms with van der Waals surface area (Å²) in [4.78, 5) is 26.2. The average Bonchev–Trinajstić information content (AvgIpc) is 2.77. The van der Waals surface area contributed by atoms with Gasteiger partial charge in [-0.15, -0.1) is 0 Å². The number of nitrogens with one attached hydrogen (secondary N) is 1. The first-order valence-corrected chi connectivity index (χ1v) is 6.39. The molecule has 1 aromatic carbocycles. The SMILES string of the molecule is O=C1CC(C(=O)N2CCNCC2)c2ccccc21. The van der Waals surface area contributed by atoms with E-state index in [1.54, 1.807) is 0 Å². The first kappa shape index (κ1) is 11.4. The molecule has 0 spiro atoms. The molecule has 4 heteroatoms. The lowest BCUT2D eigenvalue weighted by atomic mass is 9.99. The topological polar surface area (TPSA) is 49.4 Å². The molecule has 94 valence electrons. The summed E-state index contributed by atoms with van der Waals surface area (Å²) in [6.45, 7) is 3.17. The van der Waals surface area contributed by atoms with E-state index in [0.29, 0.717) is 6.42 Å². The van der Waals surface area contributed by atoms with Crippen LogP contribution >= 0.6 is 0 Å². The van der Waals surface area contributed by atoms with Crippen LogP contribution in [0.25, 0.3) is 0 Å². The lowest BCUT2D eigenvalue weighted by Crippen LogP contribution is -2.47. The summed E-state index contributed by atoms with van der Waals surface area (Å²) < 4.78 is 0. The van der Waals surface area contributed by atoms with Gasteiger partial charge in [0.2, 0.25) is 5.91 Å². The van der Waals surface area contributed by atoms with Crippen LogP contribution in [0.5, 0.6) is 0 Å². The molecule has 1 unspecified atom stereocenters. The van der Waals surface area contributed by atoms with Crippen molar-refractivity contribution in [3.63, 3.8) is 0 Å². The third-order valence-electron chi connectivity index (χ3n) is 3.75. The average molecular weight is 244 g/mol. The van der Waals surface area contributed by atoms with Crippen molar-refractivity contribution < 1.29 is 9.59 Å². The molecular formula is C14H16N2O2. The summed E-state index contributed by atoms with van der Waals surface area (Å²) in [6.07, 6.45) is 0.335. The normalized spacial score (nSPS) is 23.0. The molecule has 1 N–H and O–H groups in total. The Morgan fingerprint density at radius 3 is 2.72 bits per heavy atom. The zero-order valence-corrected chi connectivity index (χ0v) is 10.2. The van der Waals surface area contributed by atoms with Gasteiger partial charge in [0.15, 0.2) is 5.78 Å². The third kappa shape index (κ3) is 1.82. The Morgan fingerprint density at radius 2 is 1.94 bits per heavy atom. The van der Waals surface area contributed by atoms with Crippen molar-refractivity contribution in [2.75, 3.05) is 26.2 Å². The number of ketones is 1. The van der Waals surface area contributed by atoms with Gasteiger partial charge in [-0.3, -0.25) is 9.59 Å². The molecule has 1 saturated heterocycles. The number of carbonyl (C=O) groups excluding carboxylic acids is 2. The predicted molar refractivity (Wildman–Crippen MR) is 67.6 cm³/mol. The van der Waals surface area contributed by atoms with E-state index in [9.17, 15) is 9.59 Å². The van der Waals surface area contributed by atoms with Crippen molar-refractivity contribution in [1.29, 1.82) is 0 Å². The van der Waals surface area contributed by atoms with Gasteiger partial charge in [0.25, 0.3) is 0 Å². The van der Waals surface area contributed by atoms with Crippen LogP contribution in [-0.4, -0.2) is 42.8 Å². The predicted octanol–water partition coefficient (Wildman–Crippen LogP) is 0.788. The van der Waals surface area contributed by atoms with Crippen LogP contribution in [0.1, 0.15) is 28.3 Å². The van der Waals surface area contributed by atoms with E-state index in [-0.39, 0.29) is 17.6 Å². The van der Waals surface area contributed by atoms with Crippen LogP contribution < -0.4 is 5.32 Å². The van der Waals surface area contributed by atoms with Gasteiger partial charge < -0.3 is 10.2 Å². The van der Waals surface area contributed by atoms with Crippen molar-refractivity contribution in [3.05, 3.63) is 35.4 Å². The van der Waals surface area contributed by atoms with Crippen molar-refractivity contribution >= 4 is 11.7 Å². The molecule has 0 bridgehead atoms. The zero-order chi connectivity index (χ0) is 12.5. The first-order valence-electron chi connectivity index (χ1n) is 6.39. The lowest BCUT2D eigenvalue weighted by molar-refractivity contribution is -0.133. The minimum absolute atomic E-state index is 0.0964. The largest absolute Gasteiger partial charge is 0.340 e. The number of hydrogen-bond acceptors (Lipinski definition) is 3. The van der Waals surface area contributed by atoms with Gasteiger partial charge in [0.05, 0.1) is 5.92 Å².